The molecule has 2 heterocycles. The largest absolute Gasteiger partial charge is 0.353 e. The van der Waals surface area contributed by atoms with E-state index >= 15 is 0 Å². The first-order valence-corrected chi connectivity index (χ1v) is 9.23. The van der Waals surface area contributed by atoms with E-state index in [9.17, 15) is 9.59 Å². The Bertz CT molecular complexity index is 1010. The number of amides is 2. The standard InChI is InChI=1S/C22H23N3O2/c1-15-8-9-18-17(12-15)14-20(24(18)2)22(27)25-11-10-23-21(26)19(25)13-16-6-4-3-5-7-16/h3-9,12,14,19H,10-11,13H2,1-2H3,(H,23,26)/t19-/m1/s1. The summed E-state index contributed by atoms with van der Waals surface area (Å²) >= 11 is 0. The van der Waals surface area contributed by atoms with E-state index < -0.39 is 6.04 Å². The van der Waals surface area contributed by atoms with E-state index in [1.54, 1.807) is 4.90 Å². The zero-order valence-corrected chi connectivity index (χ0v) is 15.6. The molecule has 0 aliphatic carbocycles. The normalized spacial score (nSPS) is 17.2. The van der Waals surface area contributed by atoms with Crippen molar-refractivity contribution in [3.8, 4) is 0 Å². The molecule has 1 saturated heterocycles. The first-order valence-electron chi connectivity index (χ1n) is 9.23. The first-order chi connectivity index (χ1) is 13.0. The van der Waals surface area contributed by atoms with E-state index in [4.69, 9.17) is 0 Å². The summed E-state index contributed by atoms with van der Waals surface area (Å²) in [5, 5.41) is 3.94. The maximum Gasteiger partial charge on any atom is 0.271 e. The van der Waals surface area contributed by atoms with Crippen LogP contribution in [0.3, 0.4) is 0 Å². The fourth-order valence-corrected chi connectivity index (χ4v) is 3.82. The van der Waals surface area contributed by atoms with Crippen molar-refractivity contribution in [3.63, 3.8) is 0 Å². The number of fused-ring (bicyclic) bond motifs is 1. The molecule has 0 saturated carbocycles. The van der Waals surface area contributed by atoms with Gasteiger partial charge in [0.1, 0.15) is 11.7 Å². The molecule has 0 spiro atoms. The van der Waals surface area contributed by atoms with Crippen LogP contribution >= 0.6 is 0 Å². The summed E-state index contributed by atoms with van der Waals surface area (Å²) in [6.45, 7) is 3.04. The second-order valence-corrected chi connectivity index (χ2v) is 7.15. The Labute approximate surface area is 158 Å². The number of nitrogens with zero attached hydrogens (tertiary/aromatic N) is 2. The zero-order chi connectivity index (χ0) is 19.0. The lowest BCUT2D eigenvalue weighted by molar-refractivity contribution is -0.127. The maximum absolute atomic E-state index is 13.3. The van der Waals surface area contributed by atoms with Crippen LogP contribution in [0.2, 0.25) is 0 Å². The summed E-state index contributed by atoms with van der Waals surface area (Å²) in [5.41, 5.74) is 3.84. The second-order valence-electron chi connectivity index (χ2n) is 7.15. The molecule has 27 heavy (non-hydrogen) atoms. The van der Waals surface area contributed by atoms with E-state index in [1.165, 1.54) is 0 Å². The molecule has 0 unspecified atom stereocenters. The molecule has 5 nitrogen and oxygen atoms in total. The number of benzene rings is 2. The Morgan fingerprint density at radius 3 is 2.70 bits per heavy atom. The van der Waals surface area contributed by atoms with Crippen LogP contribution in [0.5, 0.6) is 0 Å². The minimum Gasteiger partial charge on any atom is -0.353 e. The molecule has 2 amide bonds. The van der Waals surface area contributed by atoms with Crippen molar-refractivity contribution in [2.75, 3.05) is 13.1 Å². The third-order valence-corrected chi connectivity index (χ3v) is 5.28. The van der Waals surface area contributed by atoms with Crippen molar-refractivity contribution in [1.82, 2.24) is 14.8 Å². The number of carbonyl (C=O) groups excluding carboxylic acids is 2. The molecule has 138 valence electrons. The highest BCUT2D eigenvalue weighted by molar-refractivity contribution is 6.01. The second kappa shape index (κ2) is 6.91. The molecule has 5 heteroatoms. The molecule has 1 aromatic heterocycles. The molecule has 3 aromatic rings. The number of carbonyl (C=O) groups is 2. The van der Waals surface area contributed by atoms with Crippen molar-refractivity contribution in [3.05, 3.63) is 71.4 Å². The van der Waals surface area contributed by atoms with Crippen molar-refractivity contribution in [2.24, 2.45) is 7.05 Å². The van der Waals surface area contributed by atoms with Gasteiger partial charge in [-0.1, -0.05) is 42.0 Å². The first kappa shape index (κ1) is 17.3. The molecule has 1 aliphatic heterocycles. The van der Waals surface area contributed by atoms with Gasteiger partial charge in [0.2, 0.25) is 5.91 Å². The van der Waals surface area contributed by atoms with Crippen molar-refractivity contribution >= 4 is 22.7 Å². The number of aryl methyl sites for hydroxylation is 2. The van der Waals surface area contributed by atoms with Gasteiger partial charge in [-0.05, 0) is 30.7 Å². The van der Waals surface area contributed by atoms with Gasteiger partial charge in [-0.2, -0.15) is 0 Å². The average molecular weight is 361 g/mol. The van der Waals surface area contributed by atoms with Gasteiger partial charge in [0.15, 0.2) is 0 Å². The molecule has 4 rings (SSSR count). The highest BCUT2D eigenvalue weighted by Gasteiger charge is 2.34. The fraction of sp³-hybridized carbons (Fsp3) is 0.273. The van der Waals surface area contributed by atoms with Crippen LogP contribution in [0.15, 0.2) is 54.6 Å². The number of hydrogen-bond acceptors (Lipinski definition) is 2. The summed E-state index contributed by atoms with van der Waals surface area (Å²) in [5.74, 6) is -0.185. The van der Waals surface area contributed by atoms with Gasteiger partial charge in [0.05, 0.1) is 0 Å². The predicted octanol–water partition coefficient (Wildman–Crippen LogP) is 2.67. The Morgan fingerprint density at radius 2 is 1.93 bits per heavy atom. The molecular formula is C22H23N3O2. The van der Waals surface area contributed by atoms with Crippen LogP contribution in [0.1, 0.15) is 21.6 Å². The lowest BCUT2D eigenvalue weighted by atomic mass is 10.0. The van der Waals surface area contributed by atoms with Crippen molar-refractivity contribution < 1.29 is 9.59 Å². The highest BCUT2D eigenvalue weighted by atomic mass is 16.2. The summed E-state index contributed by atoms with van der Waals surface area (Å²) in [6.07, 6.45) is 0.515. The van der Waals surface area contributed by atoms with Crippen molar-refractivity contribution in [1.29, 1.82) is 0 Å². The molecule has 0 bridgehead atoms. The van der Waals surface area contributed by atoms with Crippen molar-refractivity contribution in [2.45, 2.75) is 19.4 Å². The van der Waals surface area contributed by atoms with Gasteiger partial charge in [-0.15, -0.1) is 0 Å². The summed E-state index contributed by atoms with van der Waals surface area (Å²) in [4.78, 5) is 27.6. The van der Waals surface area contributed by atoms with Gasteiger partial charge in [-0.3, -0.25) is 9.59 Å². The molecule has 1 aliphatic rings. The lowest BCUT2D eigenvalue weighted by Gasteiger charge is -2.35. The van der Waals surface area contributed by atoms with Gasteiger partial charge in [0, 0.05) is 37.5 Å². The zero-order valence-electron chi connectivity index (χ0n) is 15.6. The molecule has 1 N–H and O–H groups in total. The number of nitrogens with one attached hydrogen (secondary N) is 1. The van der Waals surface area contributed by atoms with E-state index in [0.717, 1.165) is 22.0 Å². The van der Waals surface area contributed by atoms with E-state index in [2.05, 4.69) is 11.4 Å². The van der Waals surface area contributed by atoms with Gasteiger partial charge in [-0.25, -0.2) is 0 Å². The van der Waals surface area contributed by atoms with Gasteiger partial charge < -0.3 is 14.8 Å². The molecule has 1 atom stereocenters. The molecule has 2 aromatic carbocycles. The average Bonchev–Trinajstić information content (AvgIpc) is 2.99. The monoisotopic (exact) mass is 361 g/mol. The third kappa shape index (κ3) is 3.21. The predicted molar refractivity (Wildman–Crippen MR) is 106 cm³/mol. The third-order valence-electron chi connectivity index (χ3n) is 5.28. The Hall–Kier alpha value is -3.08. The Kier molecular flexibility index (Phi) is 4.44. The fourth-order valence-electron chi connectivity index (χ4n) is 3.82. The summed E-state index contributed by atoms with van der Waals surface area (Å²) < 4.78 is 1.92. The minimum atomic E-state index is -0.492. The van der Waals surface area contributed by atoms with Crippen LogP contribution in [0.25, 0.3) is 10.9 Å². The molecule has 1 fully saturated rings. The van der Waals surface area contributed by atoms with E-state index in [1.807, 2.05) is 67.1 Å². The number of hydrogen-bond donors (Lipinski definition) is 1. The summed E-state index contributed by atoms with van der Waals surface area (Å²) in [6, 6.07) is 17.4. The lowest BCUT2D eigenvalue weighted by Crippen LogP contribution is -2.58. The smallest absolute Gasteiger partial charge is 0.271 e. The van der Waals surface area contributed by atoms with Gasteiger partial charge >= 0.3 is 0 Å². The Morgan fingerprint density at radius 1 is 1.15 bits per heavy atom. The molecular weight excluding hydrogens is 338 g/mol. The maximum atomic E-state index is 13.3. The van der Waals surface area contributed by atoms with Crippen LogP contribution in [0, 0.1) is 6.92 Å². The summed E-state index contributed by atoms with van der Waals surface area (Å²) in [7, 11) is 1.90. The van der Waals surface area contributed by atoms with Crippen LogP contribution in [0.4, 0.5) is 0 Å². The quantitative estimate of drug-likeness (QED) is 0.780. The number of rotatable bonds is 3. The van der Waals surface area contributed by atoms with Crippen LogP contribution in [-0.2, 0) is 18.3 Å². The minimum absolute atomic E-state index is 0.0898. The SMILES string of the molecule is Cc1ccc2c(c1)cc(C(=O)N1CCNC(=O)[C@H]1Cc1ccccc1)n2C. The topological polar surface area (TPSA) is 54.3 Å². The molecule has 0 radical (unpaired) electrons. The number of piperazine rings is 1. The van der Waals surface area contributed by atoms with E-state index in [0.29, 0.717) is 25.2 Å². The van der Waals surface area contributed by atoms with Crippen LogP contribution in [-0.4, -0.2) is 40.4 Å². The number of aromatic nitrogens is 1. The van der Waals surface area contributed by atoms with E-state index in [-0.39, 0.29) is 11.8 Å². The van der Waals surface area contributed by atoms with Crippen LogP contribution < -0.4 is 5.32 Å². The van der Waals surface area contributed by atoms with Gasteiger partial charge in [0.25, 0.3) is 5.91 Å². The Balaban J connectivity index is 1.68. The highest BCUT2D eigenvalue weighted by Crippen LogP contribution is 2.23.